The molecule has 1 unspecified atom stereocenters. The molecule has 1 aromatic rings. The number of hydrogen-bond acceptors (Lipinski definition) is 3. The van der Waals surface area contributed by atoms with Crippen LogP contribution in [0.2, 0.25) is 0 Å². The molecule has 1 rings (SSSR count). The molecule has 1 atom stereocenters. The number of carbonyl (C=O) groups excluding carboxylic acids is 1. The summed E-state index contributed by atoms with van der Waals surface area (Å²) in [5.74, 6) is -0.552. The lowest BCUT2D eigenvalue weighted by atomic mass is 10.2. The van der Waals surface area contributed by atoms with Gasteiger partial charge in [-0.25, -0.2) is 4.39 Å². The highest BCUT2D eigenvalue weighted by Crippen LogP contribution is 2.19. The molecule has 0 aliphatic heterocycles. The average Bonchev–Trinajstić information content (AvgIpc) is 2.20. The van der Waals surface area contributed by atoms with Crippen molar-refractivity contribution in [2.24, 2.45) is 0 Å². The number of amides is 1. The Morgan fingerprint density at radius 3 is 2.73 bits per heavy atom. The molecule has 0 aliphatic rings. The van der Waals surface area contributed by atoms with Gasteiger partial charge in [0, 0.05) is 7.05 Å². The van der Waals surface area contributed by atoms with Gasteiger partial charge in [0.1, 0.15) is 11.9 Å². The van der Waals surface area contributed by atoms with Crippen LogP contribution in [0.5, 0.6) is 0 Å². The first-order valence-electron chi connectivity index (χ1n) is 4.57. The monoisotopic (exact) mass is 211 g/mol. The molecule has 0 saturated carbocycles. The molecular formula is C10H14FN3O. The second-order valence-electron chi connectivity index (χ2n) is 3.21. The summed E-state index contributed by atoms with van der Waals surface area (Å²) in [5.41, 5.74) is 6.41. The van der Waals surface area contributed by atoms with E-state index in [1.54, 1.807) is 14.0 Å². The van der Waals surface area contributed by atoms with Gasteiger partial charge in [-0.1, -0.05) is 0 Å². The van der Waals surface area contributed by atoms with E-state index < -0.39 is 11.9 Å². The third kappa shape index (κ3) is 2.83. The van der Waals surface area contributed by atoms with Crippen LogP contribution in [-0.4, -0.2) is 19.0 Å². The minimum atomic E-state index is -0.414. The van der Waals surface area contributed by atoms with Crippen molar-refractivity contribution < 1.29 is 9.18 Å². The summed E-state index contributed by atoms with van der Waals surface area (Å²) in [6.07, 6.45) is 0. The standard InChI is InChI=1S/C10H14FN3O/c1-6(10(15)13-2)14-9-4-3-7(11)5-8(9)12/h3-6,14H,12H2,1-2H3,(H,13,15). The molecule has 0 aromatic heterocycles. The molecule has 1 aromatic carbocycles. The number of halogens is 1. The van der Waals surface area contributed by atoms with Gasteiger partial charge in [0.2, 0.25) is 5.91 Å². The van der Waals surface area contributed by atoms with E-state index in [0.717, 1.165) is 0 Å². The normalized spacial score (nSPS) is 11.9. The van der Waals surface area contributed by atoms with Gasteiger partial charge in [0.15, 0.2) is 0 Å². The minimum Gasteiger partial charge on any atom is -0.397 e. The van der Waals surface area contributed by atoms with Crippen molar-refractivity contribution in [2.75, 3.05) is 18.1 Å². The Morgan fingerprint density at radius 1 is 1.53 bits per heavy atom. The van der Waals surface area contributed by atoms with E-state index in [9.17, 15) is 9.18 Å². The summed E-state index contributed by atoms with van der Waals surface area (Å²) in [6, 6.07) is 3.58. The fraction of sp³-hybridized carbons (Fsp3) is 0.300. The van der Waals surface area contributed by atoms with Crippen molar-refractivity contribution in [3.05, 3.63) is 24.0 Å². The number of hydrogen-bond donors (Lipinski definition) is 3. The van der Waals surface area contributed by atoms with Gasteiger partial charge < -0.3 is 16.4 Å². The number of nitrogen functional groups attached to an aromatic ring is 1. The molecule has 5 heteroatoms. The summed E-state index contributed by atoms with van der Waals surface area (Å²) >= 11 is 0. The van der Waals surface area contributed by atoms with Crippen molar-refractivity contribution in [2.45, 2.75) is 13.0 Å². The molecule has 82 valence electrons. The zero-order valence-corrected chi connectivity index (χ0v) is 8.67. The van der Waals surface area contributed by atoms with Crippen molar-refractivity contribution in [3.63, 3.8) is 0 Å². The topological polar surface area (TPSA) is 67.2 Å². The molecule has 4 N–H and O–H groups in total. The highest BCUT2D eigenvalue weighted by Gasteiger charge is 2.11. The average molecular weight is 211 g/mol. The van der Waals surface area contributed by atoms with E-state index in [2.05, 4.69) is 10.6 Å². The summed E-state index contributed by atoms with van der Waals surface area (Å²) in [6.45, 7) is 1.70. The lowest BCUT2D eigenvalue weighted by Gasteiger charge is -2.15. The molecule has 0 aliphatic carbocycles. The van der Waals surface area contributed by atoms with Crippen molar-refractivity contribution in [3.8, 4) is 0 Å². The van der Waals surface area contributed by atoms with Gasteiger partial charge >= 0.3 is 0 Å². The molecule has 0 bridgehead atoms. The van der Waals surface area contributed by atoms with Crippen LogP contribution in [-0.2, 0) is 4.79 Å². The first-order valence-corrected chi connectivity index (χ1v) is 4.57. The Kier molecular flexibility index (Phi) is 3.49. The molecule has 15 heavy (non-hydrogen) atoms. The van der Waals surface area contributed by atoms with E-state index in [-0.39, 0.29) is 11.6 Å². The predicted octanol–water partition coefficient (Wildman–Crippen LogP) is 0.954. The fourth-order valence-electron chi connectivity index (χ4n) is 1.18. The number of nitrogens with two attached hydrogens (primary N) is 1. The van der Waals surface area contributed by atoms with Gasteiger partial charge in [-0.3, -0.25) is 4.79 Å². The SMILES string of the molecule is CNC(=O)C(C)Nc1ccc(F)cc1N. The van der Waals surface area contributed by atoms with Crippen LogP contribution in [0.3, 0.4) is 0 Å². The van der Waals surface area contributed by atoms with Crippen LogP contribution in [0.4, 0.5) is 15.8 Å². The van der Waals surface area contributed by atoms with Gasteiger partial charge in [-0.05, 0) is 25.1 Å². The molecule has 4 nitrogen and oxygen atoms in total. The highest BCUT2D eigenvalue weighted by atomic mass is 19.1. The van der Waals surface area contributed by atoms with E-state index >= 15 is 0 Å². The lowest BCUT2D eigenvalue weighted by Crippen LogP contribution is -2.35. The van der Waals surface area contributed by atoms with Crippen molar-refractivity contribution in [1.82, 2.24) is 5.32 Å². The van der Waals surface area contributed by atoms with E-state index in [0.29, 0.717) is 5.69 Å². The first kappa shape index (κ1) is 11.3. The Labute approximate surface area is 87.7 Å². The maximum absolute atomic E-state index is 12.7. The van der Waals surface area contributed by atoms with Crippen LogP contribution >= 0.6 is 0 Å². The summed E-state index contributed by atoms with van der Waals surface area (Å²) in [4.78, 5) is 11.2. The lowest BCUT2D eigenvalue weighted by molar-refractivity contribution is -0.121. The highest BCUT2D eigenvalue weighted by molar-refractivity contribution is 5.85. The molecule has 0 fully saturated rings. The van der Waals surface area contributed by atoms with Crippen LogP contribution in [0.25, 0.3) is 0 Å². The number of benzene rings is 1. The summed E-state index contributed by atoms with van der Waals surface area (Å²) < 4.78 is 12.7. The maximum Gasteiger partial charge on any atom is 0.241 e. The van der Waals surface area contributed by atoms with Crippen molar-refractivity contribution >= 4 is 17.3 Å². The Balaban J connectivity index is 2.76. The van der Waals surface area contributed by atoms with E-state index in [1.807, 2.05) is 0 Å². The molecule has 0 saturated heterocycles. The third-order valence-corrected chi connectivity index (χ3v) is 2.03. The second-order valence-corrected chi connectivity index (χ2v) is 3.21. The number of rotatable bonds is 3. The zero-order chi connectivity index (χ0) is 11.4. The van der Waals surface area contributed by atoms with E-state index in [4.69, 9.17) is 5.73 Å². The Morgan fingerprint density at radius 2 is 2.20 bits per heavy atom. The minimum absolute atomic E-state index is 0.154. The molecular weight excluding hydrogens is 197 g/mol. The number of anilines is 2. The molecule has 1 amide bonds. The molecule has 0 heterocycles. The quantitative estimate of drug-likeness (QED) is 0.652. The summed E-state index contributed by atoms with van der Waals surface area (Å²) in [5, 5.41) is 5.38. The van der Waals surface area contributed by atoms with Crippen LogP contribution in [0.15, 0.2) is 18.2 Å². The van der Waals surface area contributed by atoms with Crippen LogP contribution in [0.1, 0.15) is 6.92 Å². The number of carbonyl (C=O) groups is 1. The largest absolute Gasteiger partial charge is 0.397 e. The predicted molar refractivity (Wildman–Crippen MR) is 58.0 cm³/mol. The van der Waals surface area contributed by atoms with Gasteiger partial charge in [0.25, 0.3) is 0 Å². The first-order chi connectivity index (χ1) is 7.04. The number of nitrogens with one attached hydrogen (secondary N) is 2. The second kappa shape index (κ2) is 4.63. The van der Waals surface area contributed by atoms with Crippen molar-refractivity contribution in [1.29, 1.82) is 0 Å². The van der Waals surface area contributed by atoms with Crippen LogP contribution < -0.4 is 16.4 Å². The Bertz CT molecular complexity index is 368. The molecule has 0 spiro atoms. The molecule has 0 radical (unpaired) electrons. The Hall–Kier alpha value is -1.78. The number of likely N-dealkylation sites (N-methyl/N-ethyl adjacent to an activating group) is 1. The zero-order valence-electron chi connectivity index (χ0n) is 8.67. The van der Waals surface area contributed by atoms with Gasteiger partial charge in [-0.15, -0.1) is 0 Å². The maximum atomic E-state index is 12.7. The summed E-state index contributed by atoms with van der Waals surface area (Å²) in [7, 11) is 1.55. The smallest absolute Gasteiger partial charge is 0.241 e. The fourth-order valence-corrected chi connectivity index (χ4v) is 1.18. The van der Waals surface area contributed by atoms with Gasteiger partial charge in [-0.2, -0.15) is 0 Å². The van der Waals surface area contributed by atoms with Gasteiger partial charge in [0.05, 0.1) is 11.4 Å². The van der Waals surface area contributed by atoms with Crippen LogP contribution in [0, 0.1) is 5.82 Å². The third-order valence-electron chi connectivity index (χ3n) is 2.03. The van der Waals surface area contributed by atoms with E-state index in [1.165, 1.54) is 18.2 Å².